The molecule has 0 saturated carbocycles. The fraction of sp³-hybridized carbons (Fsp3) is 0.217. The molecule has 0 fully saturated rings. The number of aromatic nitrogens is 1. The smallest absolute Gasteiger partial charge is 0.191 e. The van der Waals surface area contributed by atoms with E-state index in [1.54, 1.807) is 27.5 Å². The molecule has 2 N–H and O–H groups in total. The quantitative estimate of drug-likeness (QED) is 0.476. The molecule has 0 spiro atoms. The molecular formula is C23H26N4O2. The number of ether oxygens (including phenoxy) is 2. The van der Waals surface area contributed by atoms with Crippen molar-refractivity contribution in [1.82, 2.24) is 15.6 Å². The zero-order valence-electron chi connectivity index (χ0n) is 17.0. The lowest BCUT2D eigenvalue weighted by Gasteiger charge is -2.14. The van der Waals surface area contributed by atoms with Gasteiger partial charge < -0.3 is 20.1 Å². The van der Waals surface area contributed by atoms with E-state index in [0.29, 0.717) is 24.6 Å². The fourth-order valence-corrected chi connectivity index (χ4v) is 2.96. The molecule has 150 valence electrons. The number of hydrogen-bond acceptors (Lipinski definition) is 4. The summed E-state index contributed by atoms with van der Waals surface area (Å²) >= 11 is 0. The highest BCUT2D eigenvalue weighted by Crippen LogP contribution is 2.27. The SMILES string of the molecule is CN=C(NCc1cccc(-c2ccccn2)c1)NCc1ccc(OC)c(OC)c1. The van der Waals surface area contributed by atoms with Crippen molar-refractivity contribution in [2.75, 3.05) is 21.3 Å². The third kappa shape index (κ3) is 5.48. The van der Waals surface area contributed by atoms with Crippen LogP contribution in [0.3, 0.4) is 0 Å². The van der Waals surface area contributed by atoms with Gasteiger partial charge in [0.1, 0.15) is 0 Å². The van der Waals surface area contributed by atoms with E-state index in [2.05, 4.69) is 38.8 Å². The molecule has 0 saturated heterocycles. The van der Waals surface area contributed by atoms with E-state index in [4.69, 9.17) is 9.47 Å². The van der Waals surface area contributed by atoms with Crippen molar-refractivity contribution in [1.29, 1.82) is 0 Å². The second-order valence-corrected chi connectivity index (χ2v) is 6.38. The van der Waals surface area contributed by atoms with Gasteiger partial charge in [-0.1, -0.05) is 30.3 Å². The number of methoxy groups -OCH3 is 2. The molecule has 0 aliphatic carbocycles. The van der Waals surface area contributed by atoms with E-state index in [-0.39, 0.29) is 0 Å². The maximum atomic E-state index is 5.36. The molecule has 1 heterocycles. The van der Waals surface area contributed by atoms with Gasteiger partial charge in [-0.2, -0.15) is 0 Å². The first-order valence-corrected chi connectivity index (χ1v) is 9.39. The van der Waals surface area contributed by atoms with Crippen molar-refractivity contribution in [3.8, 4) is 22.8 Å². The Hall–Kier alpha value is -3.54. The van der Waals surface area contributed by atoms with Crippen LogP contribution in [0.5, 0.6) is 11.5 Å². The van der Waals surface area contributed by atoms with Gasteiger partial charge in [0.05, 0.1) is 19.9 Å². The Kier molecular flexibility index (Phi) is 7.05. The second kappa shape index (κ2) is 10.1. The summed E-state index contributed by atoms with van der Waals surface area (Å²) in [6.45, 7) is 1.28. The number of rotatable bonds is 7. The molecule has 0 aliphatic rings. The number of pyridine rings is 1. The van der Waals surface area contributed by atoms with Gasteiger partial charge in [-0.15, -0.1) is 0 Å². The summed E-state index contributed by atoms with van der Waals surface area (Å²) in [6.07, 6.45) is 1.81. The van der Waals surface area contributed by atoms with Gasteiger partial charge in [-0.05, 0) is 41.5 Å². The number of nitrogens with one attached hydrogen (secondary N) is 2. The fourth-order valence-electron chi connectivity index (χ4n) is 2.96. The minimum Gasteiger partial charge on any atom is -0.493 e. The maximum Gasteiger partial charge on any atom is 0.191 e. The van der Waals surface area contributed by atoms with Gasteiger partial charge >= 0.3 is 0 Å². The molecule has 0 radical (unpaired) electrons. The van der Waals surface area contributed by atoms with Gasteiger partial charge in [0.15, 0.2) is 17.5 Å². The zero-order valence-corrected chi connectivity index (χ0v) is 17.0. The predicted molar refractivity (Wildman–Crippen MR) is 116 cm³/mol. The molecule has 6 heteroatoms. The minimum absolute atomic E-state index is 0.619. The molecule has 0 amide bonds. The summed E-state index contributed by atoms with van der Waals surface area (Å²) in [4.78, 5) is 8.72. The summed E-state index contributed by atoms with van der Waals surface area (Å²) in [5.41, 5.74) is 4.29. The van der Waals surface area contributed by atoms with Gasteiger partial charge in [0.25, 0.3) is 0 Å². The van der Waals surface area contributed by atoms with Crippen LogP contribution in [0, 0.1) is 0 Å². The summed E-state index contributed by atoms with van der Waals surface area (Å²) in [7, 11) is 5.02. The Labute approximate surface area is 171 Å². The monoisotopic (exact) mass is 390 g/mol. The molecule has 0 atom stereocenters. The molecule has 0 bridgehead atoms. The van der Waals surface area contributed by atoms with Crippen LogP contribution in [-0.4, -0.2) is 32.2 Å². The Morgan fingerprint density at radius 2 is 1.62 bits per heavy atom. The average molecular weight is 390 g/mol. The first kappa shape index (κ1) is 20.2. The standard InChI is InChI=1S/C23H26N4O2/c1-24-23(27-16-18-10-11-21(28-2)22(14-18)29-3)26-15-17-7-6-8-19(13-17)20-9-4-5-12-25-20/h4-14H,15-16H2,1-3H3,(H2,24,26,27). The Morgan fingerprint density at radius 3 is 2.28 bits per heavy atom. The average Bonchev–Trinajstić information content (AvgIpc) is 2.79. The summed E-state index contributed by atoms with van der Waals surface area (Å²) < 4.78 is 10.6. The first-order chi connectivity index (χ1) is 14.2. The highest BCUT2D eigenvalue weighted by atomic mass is 16.5. The van der Waals surface area contributed by atoms with E-state index in [1.807, 2.05) is 42.5 Å². The maximum absolute atomic E-state index is 5.36. The van der Waals surface area contributed by atoms with Gasteiger partial charge in [-0.25, -0.2) is 0 Å². The van der Waals surface area contributed by atoms with E-state index >= 15 is 0 Å². The van der Waals surface area contributed by atoms with Crippen molar-refractivity contribution in [3.63, 3.8) is 0 Å². The minimum atomic E-state index is 0.619. The third-order valence-electron chi connectivity index (χ3n) is 4.48. The number of hydrogen-bond donors (Lipinski definition) is 2. The van der Waals surface area contributed by atoms with Crippen molar-refractivity contribution >= 4 is 5.96 Å². The van der Waals surface area contributed by atoms with Gasteiger partial charge in [-0.3, -0.25) is 9.98 Å². The second-order valence-electron chi connectivity index (χ2n) is 6.38. The Balaban J connectivity index is 1.59. The predicted octanol–water partition coefficient (Wildman–Crippen LogP) is 3.63. The van der Waals surface area contributed by atoms with Gasteiger partial charge in [0, 0.05) is 31.9 Å². The summed E-state index contributed by atoms with van der Waals surface area (Å²) in [6, 6.07) is 20.1. The molecule has 3 aromatic rings. The number of nitrogens with zero attached hydrogens (tertiary/aromatic N) is 2. The lowest BCUT2D eigenvalue weighted by Crippen LogP contribution is -2.36. The van der Waals surface area contributed by atoms with Gasteiger partial charge in [0.2, 0.25) is 0 Å². The van der Waals surface area contributed by atoms with Crippen molar-refractivity contribution in [2.24, 2.45) is 4.99 Å². The molecule has 3 rings (SSSR count). The van der Waals surface area contributed by atoms with Crippen molar-refractivity contribution < 1.29 is 9.47 Å². The number of guanidine groups is 1. The molecule has 2 aromatic carbocycles. The first-order valence-electron chi connectivity index (χ1n) is 9.39. The number of benzene rings is 2. The molecule has 1 aromatic heterocycles. The third-order valence-corrected chi connectivity index (χ3v) is 4.48. The molecule has 0 unspecified atom stereocenters. The van der Waals surface area contributed by atoms with Crippen LogP contribution in [0.2, 0.25) is 0 Å². The molecule has 6 nitrogen and oxygen atoms in total. The largest absolute Gasteiger partial charge is 0.493 e. The lowest BCUT2D eigenvalue weighted by atomic mass is 10.1. The summed E-state index contributed by atoms with van der Waals surface area (Å²) in [5, 5.41) is 6.67. The normalized spacial score (nSPS) is 11.1. The van der Waals surface area contributed by atoms with E-state index in [0.717, 1.165) is 28.3 Å². The molecule has 29 heavy (non-hydrogen) atoms. The van der Waals surface area contributed by atoms with Crippen LogP contribution in [0.25, 0.3) is 11.3 Å². The van der Waals surface area contributed by atoms with E-state index in [1.165, 1.54) is 0 Å². The highest BCUT2D eigenvalue weighted by Gasteiger charge is 2.06. The summed E-state index contributed by atoms with van der Waals surface area (Å²) in [5.74, 6) is 2.15. The number of aliphatic imine (C=N–C) groups is 1. The highest BCUT2D eigenvalue weighted by molar-refractivity contribution is 5.79. The Morgan fingerprint density at radius 1 is 0.862 bits per heavy atom. The van der Waals surface area contributed by atoms with E-state index < -0.39 is 0 Å². The van der Waals surface area contributed by atoms with Crippen LogP contribution in [-0.2, 0) is 13.1 Å². The van der Waals surface area contributed by atoms with Crippen LogP contribution < -0.4 is 20.1 Å². The van der Waals surface area contributed by atoms with Crippen molar-refractivity contribution in [3.05, 3.63) is 78.0 Å². The zero-order chi connectivity index (χ0) is 20.5. The molecular weight excluding hydrogens is 364 g/mol. The van der Waals surface area contributed by atoms with Crippen LogP contribution in [0.1, 0.15) is 11.1 Å². The topological polar surface area (TPSA) is 67.8 Å². The van der Waals surface area contributed by atoms with E-state index in [9.17, 15) is 0 Å². The van der Waals surface area contributed by atoms with Crippen LogP contribution in [0.15, 0.2) is 71.9 Å². The van der Waals surface area contributed by atoms with Crippen LogP contribution in [0.4, 0.5) is 0 Å². The Bertz CT molecular complexity index is 958. The lowest BCUT2D eigenvalue weighted by molar-refractivity contribution is 0.354. The van der Waals surface area contributed by atoms with Crippen molar-refractivity contribution in [2.45, 2.75) is 13.1 Å². The van der Waals surface area contributed by atoms with Crippen LogP contribution >= 0.6 is 0 Å². The molecule has 0 aliphatic heterocycles.